The molecule has 0 fully saturated rings. The summed E-state index contributed by atoms with van der Waals surface area (Å²) in [5.74, 6) is -5.71. The van der Waals surface area contributed by atoms with Gasteiger partial charge >= 0.3 is 5.97 Å². The molecule has 0 heterocycles. The number of carboxylic acids is 1. The van der Waals surface area contributed by atoms with Gasteiger partial charge in [0.2, 0.25) is 41.4 Å². The Kier molecular flexibility index (Phi) is 20.9. The second-order valence-electron chi connectivity index (χ2n) is 13.4. The molecule has 0 bridgehead atoms. The first-order valence-electron chi connectivity index (χ1n) is 16.5. The summed E-state index contributed by atoms with van der Waals surface area (Å²) in [5.41, 5.74) is 5.19. The van der Waals surface area contributed by atoms with Crippen LogP contribution < -0.4 is 37.6 Å². The van der Waals surface area contributed by atoms with Gasteiger partial charge in [-0.05, 0) is 62.4 Å². The molecule has 9 N–H and O–H groups in total. The van der Waals surface area contributed by atoms with Gasteiger partial charge in [-0.2, -0.15) is 11.8 Å². The third-order valence-electron chi connectivity index (χ3n) is 7.12. The summed E-state index contributed by atoms with van der Waals surface area (Å²) in [6.45, 7) is 13.7. The summed E-state index contributed by atoms with van der Waals surface area (Å²) < 4.78 is 0. The van der Waals surface area contributed by atoms with Crippen molar-refractivity contribution in [1.82, 2.24) is 31.9 Å². The SMILES string of the molecule is CSCC[C@H](NC(C)=O)C(=O)N[C@@H](CC(C)C)C(=O)N[C@@H](CC(C)C)C(=O)N[C@@H](CC(C)C)C(=O)N[C@@H](C)C(=O)N[C@@H](CC(=O)O)C(N)=O. The number of amides is 7. The van der Waals surface area contributed by atoms with Gasteiger partial charge in [-0.1, -0.05) is 41.5 Å². The van der Waals surface area contributed by atoms with Crippen molar-refractivity contribution in [3.63, 3.8) is 0 Å². The number of carbonyl (C=O) groups is 8. The highest BCUT2D eigenvalue weighted by molar-refractivity contribution is 7.98. The van der Waals surface area contributed by atoms with Crippen molar-refractivity contribution in [2.45, 2.75) is 124 Å². The molecule has 49 heavy (non-hydrogen) atoms. The van der Waals surface area contributed by atoms with Crippen LogP contribution in [-0.2, 0) is 38.4 Å². The molecule has 280 valence electrons. The number of carboxylic acid groups (broad SMARTS) is 1. The van der Waals surface area contributed by atoms with E-state index in [0.717, 1.165) is 0 Å². The monoisotopic (exact) mass is 715 g/mol. The molecule has 16 nitrogen and oxygen atoms in total. The molecular formula is C32H57N7O9S. The molecule has 0 saturated carbocycles. The van der Waals surface area contributed by atoms with Crippen molar-refractivity contribution in [2.75, 3.05) is 12.0 Å². The second-order valence-corrected chi connectivity index (χ2v) is 14.4. The standard InChI is InChI=1S/C32H57N7O9S/c1-16(2)12-23(30(46)34-19(7)28(44)36-22(27(33)43)15-26(41)42)38-32(48)25(14-18(5)6)39-31(47)24(13-17(3)4)37-29(45)21(10-11-49-9)35-20(8)40/h16-19,21-25H,10-15H2,1-9H3,(H2,33,43)(H,34,46)(H,35,40)(H,36,44)(H,37,45)(H,38,48)(H,39,47)(H,41,42)/t19-,21-,22-,23-,24-,25-/m0/s1. The molecule has 0 radical (unpaired) electrons. The Morgan fingerprint density at radius 2 is 0.939 bits per heavy atom. The van der Waals surface area contributed by atoms with Crippen LogP contribution in [0.1, 0.15) is 87.5 Å². The van der Waals surface area contributed by atoms with Crippen molar-refractivity contribution in [1.29, 1.82) is 0 Å². The lowest BCUT2D eigenvalue weighted by atomic mass is 9.98. The number of aliphatic carboxylic acids is 1. The highest BCUT2D eigenvalue weighted by atomic mass is 32.2. The van der Waals surface area contributed by atoms with Gasteiger partial charge in [0.15, 0.2) is 0 Å². The predicted molar refractivity (Wildman–Crippen MR) is 186 cm³/mol. The molecule has 6 atom stereocenters. The first-order chi connectivity index (χ1) is 22.7. The molecule has 0 aromatic heterocycles. The highest BCUT2D eigenvalue weighted by Gasteiger charge is 2.33. The molecule has 0 rings (SSSR count). The molecule has 0 aliphatic rings. The molecule has 0 unspecified atom stereocenters. The van der Waals surface area contributed by atoms with E-state index in [1.807, 2.05) is 47.8 Å². The maximum Gasteiger partial charge on any atom is 0.305 e. The predicted octanol–water partition coefficient (Wildman–Crippen LogP) is -0.214. The minimum atomic E-state index is -1.49. The zero-order chi connectivity index (χ0) is 38.0. The normalized spacial score (nSPS) is 14.9. The highest BCUT2D eigenvalue weighted by Crippen LogP contribution is 2.12. The van der Waals surface area contributed by atoms with Gasteiger partial charge < -0.3 is 42.7 Å². The average Bonchev–Trinajstić information content (AvgIpc) is 2.96. The molecule has 0 aromatic carbocycles. The maximum atomic E-state index is 13.6. The molecule has 7 amide bonds. The number of carbonyl (C=O) groups excluding carboxylic acids is 7. The smallest absolute Gasteiger partial charge is 0.305 e. The van der Waals surface area contributed by atoms with E-state index in [0.29, 0.717) is 12.2 Å². The Bertz CT molecular complexity index is 1170. The summed E-state index contributed by atoms with van der Waals surface area (Å²) in [5, 5.41) is 24.4. The Balaban J connectivity index is 5.98. The van der Waals surface area contributed by atoms with Crippen molar-refractivity contribution >= 4 is 59.1 Å². The average molecular weight is 716 g/mol. The fourth-order valence-electron chi connectivity index (χ4n) is 4.75. The topological polar surface area (TPSA) is 255 Å². The summed E-state index contributed by atoms with van der Waals surface area (Å²) in [6.07, 6.45) is 2.11. The molecule has 0 aliphatic heterocycles. The fourth-order valence-corrected chi connectivity index (χ4v) is 5.22. The van der Waals surface area contributed by atoms with Crippen LogP contribution in [0.25, 0.3) is 0 Å². The van der Waals surface area contributed by atoms with E-state index in [1.54, 1.807) is 0 Å². The molecular weight excluding hydrogens is 658 g/mol. The third-order valence-corrected chi connectivity index (χ3v) is 7.76. The molecule has 0 aromatic rings. The summed E-state index contributed by atoms with van der Waals surface area (Å²) >= 11 is 1.51. The summed E-state index contributed by atoms with van der Waals surface area (Å²) in [6, 6.07) is -6.79. The van der Waals surface area contributed by atoms with Crippen LogP contribution in [0.5, 0.6) is 0 Å². The Morgan fingerprint density at radius 3 is 1.27 bits per heavy atom. The van der Waals surface area contributed by atoms with E-state index < -0.39 is 84.1 Å². The van der Waals surface area contributed by atoms with Crippen molar-refractivity contribution < 1.29 is 43.5 Å². The van der Waals surface area contributed by atoms with Crippen LogP contribution in [0.3, 0.4) is 0 Å². The lowest BCUT2D eigenvalue weighted by Gasteiger charge is -2.28. The molecule has 0 aliphatic carbocycles. The van der Waals surface area contributed by atoms with Crippen LogP contribution in [-0.4, -0.2) is 101 Å². The van der Waals surface area contributed by atoms with E-state index in [-0.39, 0.29) is 42.9 Å². The van der Waals surface area contributed by atoms with E-state index in [9.17, 15) is 38.4 Å². The summed E-state index contributed by atoms with van der Waals surface area (Å²) in [7, 11) is 0. The van der Waals surface area contributed by atoms with Gasteiger partial charge in [0, 0.05) is 6.92 Å². The number of rotatable bonds is 23. The van der Waals surface area contributed by atoms with Crippen LogP contribution in [0, 0.1) is 17.8 Å². The van der Waals surface area contributed by atoms with Crippen molar-refractivity contribution in [3.8, 4) is 0 Å². The van der Waals surface area contributed by atoms with E-state index >= 15 is 0 Å². The third kappa shape index (κ3) is 19.0. The van der Waals surface area contributed by atoms with Gasteiger partial charge in [-0.15, -0.1) is 0 Å². The number of hydrogen-bond donors (Lipinski definition) is 8. The Hall–Kier alpha value is -3.89. The first kappa shape index (κ1) is 45.1. The summed E-state index contributed by atoms with van der Waals surface area (Å²) in [4.78, 5) is 101. The van der Waals surface area contributed by atoms with Crippen LogP contribution in [0.15, 0.2) is 0 Å². The zero-order valence-electron chi connectivity index (χ0n) is 30.1. The number of nitrogens with two attached hydrogens (primary N) is 1. The second kappa shape index (κ2) is 22.7. The number of thioether (sulfide) groups is 1. The number of hydrogen-bond acceptors (Lipinski definition) is 9. The van der Waals surface area contributed by atoms with Gasteiger partial charge in [-0.25, -0.2) is 0 Å². The zero-order valence-corrected chi connectivity index (χ0v) is 31.0. The quantitative estimate of drug-likeness (QED) is 0.0691. The lowest BCUT2D eigenvalue weighted by molar-refractivity contribution is -0.140. The van der Waals surface area contributed by atoms with E-state index in [4.69, 9.17) is 10.8 Å². The fraction of sp³-hybridized carbons (Fsp3) is 0.750. The van der Waals surface area contributed by atoms with Crippen molar-refractivity contribution in [3.05, 3.63) is 0 Å². The van der Waals surface area contributed by atoms with Gasteiger partial charge in [-0.3, -0.25) is 38.4 Å². The molecule has 17 heteroatoms. The lowest BCUT2D eigenvalue weighted by Crippen LogP contribution is -2.59. The van der Waals surface area contributed by atoms with E-state index in [1.165, 1.54) is 25.6 Å². The van der Waals surface area contributed by atoms with E-state index in [2.05, 4.69) is 31.9 Å². The maximum absolute atomic E-state index is 13.6. The molecule has 0 spiro atoms. The van der Waals surface area contributed by atoms with Gasteiger partial charge in [0.1, 0.15) is 36.3 Å². The minimum Gasteiger partial charge on any atom is -0.481 e. The van der Waals surface area contributed by atoms with Crippen molar-refractivity contribution in [2.24, 2.45) is 23.5 Å². The Morgan fingerprint density at radius 1 is 0.571 bits per heavy atom. The minimum absolute atomic E-state index is 0.0143. The van der Waals surface area contributed by atoms with Gasteiger partial charge in [0.05, 0.1) is 6.42 Å². The number of nitrogens with one attached hydrogen (secondary N) is 6. The number of primary amides is 1. The first-order valence-corrected chi connectivity index (χ1v) is 17.9. The molecule has 0 saturated heterocycles. The Labute approximate surface area is 293 Å². The van der Waals surface area contributed by atoms with Crippen LogP contribution in [0.4, 0.5) is 0 Å². The van der Waals surface area contributed by atoms with Gasteiger partial charge in [0.25, 0.3) is 0 Å². The van der Waals surface area contributed by atoms with Crippen LogP contribution in [0.2, 0.25) is 0 Å². The van der Waals surface area contributed by atoms with Crippen LogP contribution >= 0.6 is 11.8 Å². The largest absolute Gasteiger partial charge is 0.481 e.